The summed E-state index contributed by atoms with van der Waals surface area (Å²) in [5.74, 6) is 4.11. The van der Waals surface area contributed by atoms with Crippen molar-refractivity contribution in [2.45, 2.75) is 14.7 Å². The number of benzene rings is 5. The predicted molar refractivity (Wildman–Crippen MR) is 157 cm³/mol. The molecule has 5 rings (SSSR count). The topological polar surface area (TPSA) is 84.9 Å². The Morgan fingerprint density at radius 3 is 1.07 bits per heavy atom. The van der Waals surface area contributed by atoms with Gasteiger partial charge in [-0.2, -0.15) is 0 Å². The zero-order chi connectivity index (χ0) is 28.4. The van der Waals surface area contributed by atoms with Crippen LogP contribution in [0.2, 0.25) is 0 Å². The summed E-state index contributed by atoms with van der Waals surface area (Å²) in [7, 11) is -2.53. The molecule has 6 nitrogen and oxygen atoms in total. The molecule has 0 unspecified atom stereocenters. The van der Waals surface area contributed by atoms with Gasteiger partial charge in [-0.25, -0.2) is 8.42 Å². The van der Waals surface area contributed by atoms with E-state index in [0.29, 0.717) is 6.26 Å². The van der Waals surface area contributed by atoms with Gasteiger partial charge in [-0.15, -0.1) is 0 Å². The highest BCUT2D eigenvalue weighted by atomic mass is 32.2. The fourth-order valence-electron chi connectivity index (χ4n) is 3.66. The van der Waals surface area contributed by atoms with Gasteiger partial charge in [0.05, 0.1) is 28.1 Å². The zero-order valence-corrected chi connectivity index (χ0v) is 23.6. The molecule has 0 amide bonds. The Morgan fingerprint density at radius 2 is 0.775 bits per heavy atom. The maximum absolute atomic E-state index is 9.08. The van der Waals surface area contributed by atoms with Gasteiger partial charge in [0.1, 0.15) is 28.7 Å². The average Bonchev–Trinajstić information content (AvgIpc) is 2.96. The molecular formula is C32H28O6S2. The molecule has 0 N–H and O–H groups in total. The molecule has 0 aliphatic heterocycles. The van der Waals surface area contributed by atoms with Gasteiger partial charge >= 0.3 is 0 Å². The van der Waals surface area contributed by atoms with Crippen molar-refractivity contribution in [3.63, 3.8) is 0 Å². The van der Waals surface area contributed by atoms with E-state index in [2.05, 4.69) is 36.4 Å². The van der Waals surface area contributed by atoms with Crippen LogP contribution in [0.1, 0.15) is 0 Å². The van der Waals surface area contributed by atoms with Crippen molar-refractivity contribution in [2.24, 2.45) is 0 Å². The third kappa shape index (κ3) is 8.91. The molecule has 0 atom stereocenters. The molecule has 0 aromatic heterocycles. The smallest absolute Gasteiger partial charge is 0.166 e. The summed E-state index contributed by atoms with van der Waals surface area (Å²) in [6.45, 7) is 0. The molecule has 0 bridgehead atoms. The second-order valence-electron chi connectivity index (χ2n) is 8.46. The summed E-state index contributed by atoms with van der Waals surface area (Å²) in [5.41, 5.74) is 0. The molecule has 0 fully saturated rings. The summed E-state index contributed by atoms with van der Waals surface area (Å²) < 4.78 is 44.6. The van der Waals surface area contributed by atoms with Crippen LogP contribution < -0.4 is 14.2 Å². The first-order valence-corrected chi connectivity index (χ1v) is 15.3. The molecule has 0 heterocycles. The summed E-state index contributed by atoms with van der Waals surface area (Å²) in [6.07, 6.45) is 0.604. The normalized spacial score (nSPS) is 10.8. The van der Waals surface area contributed by atoms with Gasteiger partial charge in [0.2, 0.25) is 0 Å². The van der Waals surface area contributed by atoms with Crippen molar-refractivity contribution in [1.29, 1.82) is 0 Å². The van der Waals surface area contributed by atoms with Crippen LogP contribution >= 0.6 is 0 Å². The fraction of sp³-hybridized carbons (Fsp3) is 0.0625. The van der Waals surface area contributed by atoms with E-state index < -0.39 is 10.1 Å². The van der Waals surface area contributed by atoms with Crippen LogP contribution in [0.4, 0.5) is 0 Å². The Morgan fingerprint density at radius 1 is 0.500 bits per heavy atom. The lowest BCUT2D eigenvalue weighted by Crippen LogP contribution is -2.05. The second-order valence-corrected chi connectivity index (χ2v) is 11.9. The average molecular weight is 573 g/mol. The molecule has 0 aliphatic rings. The van der Waals surface area contributed by atoms with Crippen LogP contribution in [-0.2, 0) is 21.0 Å². The van der Waals surface area contributed by atoms with E-state index in [1.54, 1.807) is 7.11 Å². The Balaban J connectivity index is 0.000000681. The van der Waals surface area contributed by atoms with E-state index in [1.807, 2.05) is 97.1 Å². The van der Waals surface area contributed by atoms with Crippen molar-refractivity contribution in [1.82, 2.24) is 0 Å². The Kier molecular flexibility index (Phi) is 9.86. The van der Waals surface area contributed by atoms with E-state index in [4.69, 9.17) is 27.2 Å². The Bertz CT molecular complexity index is 1480. The van der Waals surface area contributed by atoms with Crippen molar-refractivity contribution in [3.8, 4) is 28.7 Å². The van der Waals surface area contributed by atoms with Gasteiger partial charge in [-0.1, -0.05) is 36.4 Å². The first-order chi connectivity index (χ1) is 19.3. The quantitative estimate of drug-likeness (QED) is 0.141. The zero-order valence-electron chi connectivity index (χ0n) is 22.0. The van der Waals surface area contributed by atoms with Crippen molar-refractivity contribution in [3.05, 3.63) is 133 Å². The summed E-state index contributed by atoms with van der Waals surface area (Å²) in [6, 6.07) is 44.6. The maximum atomic E-state index is 9.08. The molecule has 40 heavy (non-hydrogen) atoms. The maximum Gasteiger partial charge on any atom is 0.166 e. The van der Waals surface area contributed by atoms with Gasteiger partial charge < -0.3 is 18.8 Å². The van der Waals surface area contributed by atoms with Gasteiger partial charge in [0.25, 0.3) is 0 Å². The van der Waals surface area contributed by atoms with Gasteiger partial charge in [0, 0.05) is 6.26 Å². The minimum absolute atomic E-state index is 0.301. The van der Waals surface area contributed by atoms with E-state index >= 15 is 0 Å². The van der Waals surface area contributed by atoms with Gasteiger partial charge in [0.15, 0.2) is 14.7 Å². The molecule has 0 radical (unpaired) electrons. The number of methoxy groups -OCH3 is 1. The molecule has 0 saturated carbocycles. The van der Waals surface area contributed by atoms with Crippen LogP contribution in [0.15, 0.2) is 148 Å². The van der Waals surface area contributed by atoms with Crippen LogP contribution in [0.25, 0.3) is 0 Å². The molecule has 0 spiro atoms. The predicted octanol–water partition coefficient (Wildman–Crippen LogP) is 7.54. The minimum atomic E-state index is -3.92. The highest BCUT2D eigenvalue weighted by Crippen LogP contribution is 2.35. The van der Waals surface area contributed by atoms with Crippen LogP contribution in [0.3, 0.4) is 0 Å². The standard InChI is InChI=1S/C31H25O3S.CH4O3S/c1-32-24-12-18-29(19-13-24)35(30-20-14-27(15-21-30)33-25-8-4-2-5-9-25)31-22-16-28(17-23-31)34-26-10-6-3-7-11-26;1-5(2,3)4/h2-23H,1H3;1H3,(H,2,3,4)/q+1;/p-1. The third-order valence-electron chi connectivity index (χ3n) is 5.37. The van der Waals surface area contributed by atoms with E-state index in [1.165, 1.54) is 14.7 Å². The summed E-state index contributed by atoms with van der Waals surface area (Å²) >= 11 is 0. The van der Waals surface area contributed by atoms with E-state index in [9.17, 15) is 0 Å². The molecule has 5 aromatic carbocycles. The fourth-order valence-corrected chi connectivity index (χ4v) is 5.70. The number of hydrogen-bond acceptors (Lipinski definition) is 6. The Labute approximate surface area is 237 Å². The molecule has 0 saturated heterocycles. The van der Waals surface area contributed by atoms with Crippen molar-refractivity contribution in [2.75, 3.05) is 13.4 Å². The number of ether oxygens (including phenoxy) is 3. The number of hydrogen-bond donors (Lipinski definition) is 0. The SMILES string of the molecule is COc1ccc([S+](c2ccc(Oc3ccccc3)cc2)c2ccc(Oc3ccccc3)cc2)cc1.CS(=O)(=O)[O-]. The lowest BCUT2D eigenvalue weighted by atomic mass is 10.3. The summed E-state index contributed by atoms with van der Waals surface area (Å²) in [4.78, 5) is 3.61. The Hall–Kier alpha value is -4.24. The van der Waals surface area contributed by atoms with Gasteiger partial charge in [-0.05, 0) is 97.1 Å². The first kappa shape index (κ1) is 28.8. The third-order valence-corrected chi connectivity index (χ3v) is 7.60. The highest BCUT2D eigenvalue weighted by Gasteiger charge is 2.29. The molecule has 0 aliphatic carbocycles. The molecular weight excluding hydrogens is 544 g/mol. The number of para-hydroxylation sites is 2. The summed E-state index contributed by atoms with van der Waals surface area (Å²) in [5, 5.41) is 0. The lowest BCUT2D eigenvalue weighted by molar-refractivity contribution is 0.414. The monoisotopic (exact) mass is 572 g/mol. The second kappa shape index (κ2) is 13.7. The number of rotatable bonds is 8. The first-order valence-electron chi connectivity index (χ1n) is 12.2. The van der Waals surface area contributed by atoms with Crippen LogP contribution in [0, 0.1) is 0 Å². The molecule has 204 valence electrons. The highest BCUT2D eigenvalue weighted by molar-refractivity contribution is 7.97. The van der Waals surface area contributed by atoms with Crippen molar-refractivity contribution >= 4 is 21.0 Å². The molecule has 8 heteroatoms. The van der Waals surface area contributed by atoms with Crippen LogP contribution in [0.5, 0.6) is 28.7 Å². The van der Waals surface area contributed by atoms with Gasteiger partial charge in [-0.3, -0.25) is 0 Å². The molecule has 5 aromatic rings. The van der Waals surface area contributed by atoms with Crippen LogP contribution in [-0.4, -0.2) is 26.3 Å². The van der Waals surface area contributed by atoms with E-state index in [0.717, 1.165) is 28.7 Å². The largest absolute Gasteiger partial charge is 0.748 e. The van der Waals surface area contributed by atoms with Crippen molar-refractivity contribution < 1.29 is 27.2 Å². The lowest BCUT2D eigenvalue weighted by Gasteiger charge is -2.11. The minimum Gasteiger partial charge on any atom is -0.748 e. The van der Waals surface area contributed by atoms with E-state index in [-0.39, 0.29) is 10.9 Å².